The molecular weight excluding hydrogens is 752 g/mol. The monoisotopic (exact) mass is 802 g/mol. The van der Waals surface area contributed by atoms with Gasteiger partial charge in [0.2, 0.25) is 0 Å². The van der Waals surface area contributed by atoms with Crippen LogP contribution >= 0.6 is 0 Å². The number of nitrogens with zero attached hydrogens (tertiary/aromatic N) is 2. The summed E-state index contributed by atoms with van der Waals surface area (Å²) in [6, 6.07) is 5.96. The highest BCUT2D eigenvalue weighted by molar-refractivity contribution is 6.22. The second kappa shape index (κ2) is 22.5. The van der Waals surface area contributed by atoms with Crippen LogP contribution in [0.3, 0.4) is 0 Å². The number of ether oxygens (including phenoxy) is 12. The maximum Gasteiger partial charge on any atom is 0.261 e. The number of hydrogen-bond donors (Lipinski definition) is 0. The van der Waals surface area contributed by atoms with Gasteiger partial charge in [0.25, 0.3) is 23.6 Å². The maximum atomic E-state index is 13.5. The molecule has 2 aromatic carbocycles. The summed E-state index contributed by atoms with van der Waals surface area (Å²) in [7, 11) is 0. The number of rotatable bonds is 4. The molecule has 4 amide bonds. The van der Waals surface area contributed by atoms with Gasteiger partial charge in [0.05, 0.1) is 128 Å². The topological polar surface area (TPSA) is 186 Å². The van der Waals surface area contributed by atoms with E-state index in [1.165, 1.54) is 24.3 Å². The number of benzene rings is 2. The van der Waals surface area contributed by atoms with E-state index >= 15 is 0 Å². The summed E-state index contributed by atoms with van der Waals surface area (Å²) in [5, 5.41) is 0. The highest BCUT2D eigenvalue weighted by Gasteiger charge is 2.39. The molecule has 4 aliphatic rings. The molecule has 2 aromatic rings. The summed E-state index contributed by atoms with van der Waals surface area (Å²) in [6.07, 6.45) is 0.139. The lowest BCUT2D eigenvalue weighted by molar-refractivity contribution is -0.00842. The van der Waals surface area contributed by atoms with E-state index in [4.69, 9.17) is 56.8 Å². The molecular formula is C39H50N2O16. The van der Waals surface area contributed by atoms with E-state index in [0.29, 0.717) is 79.3 Å². The van der Waals surface area contributed by atoms with Gasteiger partial charge < -0.3 is 56.8 Å². The Bertz CT molecular complexity index is 1440. The largest absolute Gasteiger partial charge is 0.487 e. The molecule has 4 heterocycles. The summed E-state index contributed by atoms with van der Waals surface area (Å²) in [6.45, 7) is 6.47. The number of fused-ring (bicyclic) bond motifs is 4. The van der Waals surface area contributed by atoms with Crippen LogP contribution in [0.1, 0.15) is 47.9 Å². The van der Waals surface area contributed by atoms with Crippen molar-refractivity contribution in [2.24, 2.45) is 0 Å². The Kier molecular flexibility index (Phi) is 16.7. The average Bonchev–Trinajstić information content (AvgIpc) is 3.58. The van der Waals surface area contributed by atoms with Crippen LogP contribution < -0.4 is 18.9 Å². The molecule has 0 saturated carbocycles. The fourth-order valence-electron chi connectivity index (χ4n) is 6.20. The molecule has 0 bridgehead atoms. The fourth-order valence-corrected chi connectivity index (χ4v) is 6.20. The quantitative estimate of drug-likeness (QED) is 0.406. The van der Waals surface area contributed by atoms with Gasteiger partial charge in [0, 0.05) is 13.1 Å². The van der Waals surface area contributed by atoms with E-state index in [1.54, 1.807) is 0 Å². The molecule has 0 unspecified atom stereocenters. The lowest BCUT2D eigenvalue weighted by atomic mass is 10.1. The van der Waals surface area contributed by atoms with Crippen molar-refractivity contribution >= 4 is 23.6 Å². The van der Waals surface area contributed by atoms with Gasteiger partial charge in [-0.1, -0.05) is 0 Å². The number of carbonyl (C=O) groups excluding carboxylic acids is 4. The van der Waals surface area contributed by atoms with Gasteiger partial charge >= 0.3 is 0 Å². The highest BCUT2D eigenvalue weighted by atomic mass is 16.6. The maximum absolute atomic E-state index is 13.5. The van der Waals surface area contributed by atoms with Crippen LogP contribution in [0.4, 0.5) is 0 Å². The van der Waals surface area contributed by atoms with E-state index in [1.807, 2.05) is 0 Å². The average molecular weight is 803 g/mol. The van der Waals surface area contributed by atoms with Crippen molar-refractivity contribution < 1.29 is 76.0 Å². The SMILES string of the molecule is O=C1c2cc3c(cc2C(=O)N1CCCN1C(=O)c2cc4c(cc2C1=O)OCCOCCOCCOCCOCCO4)OCCOCCOCCOCCOCCO3. The first kappa shape index (κ1) is 42.2. The van der Waals surface area contributed by atoms with Gasteiger partial charge in [-0.25, -0.2) is 0 Å². The molecule has 0 saturated heterocycles. The first-order chi connectivity index (χ1) is 28.0. The molecule has 57 heavy (non-hydrogen) atoms. The summed E-state index contributed by atoms with van der Waals surface area (Å²) in [4.78, 5) is 56.4. The Balaban J connectivity index is 1.07. The minimum absolute atomic E-state index is 0.0449. The van der Waals surface area contributed by atoms with Gasteiger partial charge in [0.1, 0.15) is 26.4 Å². The zero-order chi connectivity index (χ0) is 39.7. The molecule has 0 aliphatic carbocycles. The molecule has 0 aromatic heterocycles. The van der Waals surface area contributed by atoms with Crippen molar-refractivity contribution in [3.05, 3.63) is 46.5 Å². The van der Waals surface area contributed by atoms with E-state index < -0.39 is 23.6 Å². The molecule has 0 radical (unpaired) electrons. The Labute approximate surface area is 330 Å². The zero-order valence-corrected chi connectivity index (χ0v) is 32.0. The second-order valence-electron chi connectivity index (χ2n) is 12.9. The van der Waals surface area contributed by atoms with Crippen molar-refractivity contribution in [2.75, 3.05) is 145 Å². The molecule has 6 rings (SSSR count). The van der Waals surface area contributed by atoms with Crippen molar-refractivity contribution in [1.82, 2.24) is 9.80 Å². The Morgan fingerprint density at radius 3 is 0.719 bits per heavy atom. The van der Waals surface area contributed by atoms with Gasteiger partial charge in [-0.2, -0.15) is 0 Å². The molecule has 18 nitrogen and oxygen atoms in total. The van der Waals surface area contributed by atoms with Crippen LogP contribution in [-0.2, 0) is 37.9 Å². The molecule has 0 atom stereocenters. The summed E-state index contributed by atoms with van der Waals surface area (Å²) in [5.74, 6) is -0.990. The third-order valence-electron chi connectivity index (χ3n) is 9.01. The first-order valence-electron chi connectivity index (χ1n) is 19.2. The van der Waals surface area contributed by atoms with Crippen molar-refractivity contribution in [2.45, 2.75) is 6.42 Å². The number of hydrogen-bond acceptors (Lipinski definition) is 16. The van der Waals surface area contributed by atoms with Gasteiger partial charge in [-0.3, -0.25) is 29.0 Å². The number of amides is 4. The molecule has 0 fully saturated rings. The third-order valence-corrected chi connectivity index (χ3v) is 9.01. The van der Waals surface area contributed by atoms with Crippen molar-refractivity contribution in [3.63, 3.8) is 0 Å². The van der Waals surface area contributed by atoms with Crippen molar-refractivity contribution in [1.29, 1.82) is 0 Å². The molecule has 18 heteroatoms. The second-order valence-corrected chi connectivity index (χ2v) is 12.9. The van der Waals surface area contributed by atoms with Crippen LogP contribution in [0.5, 0.6) is 23.0 Å². The van der Waals surface area contributed by atoms with Crippen LogP contribution in [0, 0.1) is 0 Å². The van der Waals surface area contributed by atoms with E-state index in [2.05, 4.69) is 0 Å². The van der Waals surface area contributed by atoms with Crippen LogP contribution in [0.2, 0.25) is 0 Å². The summed E-state index contributed by atoms with van der Waals surface area (Å²) < 4.78 is 67.9. The van der Waals surface area contributed by atoms with Crippen LogP contribution in [0.25, 0.3) is 0 Å². The number of carbonyl (C=O) groups is 4. The molecule has 4 aliphatic heterocycles. The highest BCUT2D eigenvalue weighted by Crippen LogP contribution is 2.37. The van der Waals surface area contributed by atoms with Crippen molar-refractivity contribution in [3.8, 4) is 23.0 Å². The van der Waals surface area contributed by atoms with Gasteiger partial charge in [-0.05, 0) is 30.7 Å². The van der Waals surface area contributed by atoms with Crippen LogP contribution in [0.15, 0.2) is 24.3 Å². The molecule has 0 N–H and O–H groups in total. The summed E-state index contributed by atoms with van der Waals surface area (Å²) in [5.41, 5.74) is 0.627. The van der Waals surface area contributed by atoms with E-state index in [9.17, 15) is 19.2 Å². The Hall–Kier alpha value is -4.40. The standard InChI is InChI=1S/C39H50N2O16/c42-36-28-24-32-33(55-21-17-51-13-9-47-5-4-46-8-12-50-16-20-54-32)25-29(28)37(43)40(36)2-1-3-41-38(44)30-26-34-35(27-31(30)39(41)45)57-23-19-53-15-11-49-7-6-48-10-14-52-18-22-56-34/h24-27H,1-23H2. The minimum Gasteiger partial charge on any atom is -0.487 e. The predicted octanol–water partition coefficient (Wildman–Crippen LogP) is 1.64. The van der Waals surface area contributed by atoms with Crippen LogP contribution in [-0.4, -0.2) is 179 Å². The Morgan fingerprint density at radius 2 is 0.509 bits per heavy atom. The molecule has 0 spiro atoms. The normalized spacial score (nSPS) is 20.6. The lowest BCUT2D eigenvalue weighted by Gasteiger charge is -2.17. The minimum atomic E-state index is -0.524. The zero-order valence-electron chi connectivity index (χ0n) is 32.0. The van der Waals surface area contributed by atoms with Gasteiger partial charge in [0.15, 0.2) is 23.0 Å². The third kappa shape index (κ3) is 11.8. The number of imide groups is 2. The molecule has 312 valence electrons. The van der Waals surface area contributed by atoms with E-state index in [-0.39, 0.29) is 118 Å². The summed E-state index contributed by atoms with van der Waals surface area (Å²) >= 11 is 0. The predicted molar refractivity (Wildman–Crippen MR) is 197 cm³/mol. The first-order valence-corrected chi connectivity index (χ1v) is 19.2. The van der Waals surface area contributed by atoms with E-state index in [0.717, 1.165) is 9.80 Å². The lowest BCUT2D eigenvalue weighted by Crippen LogP contribution is -2.35. The Morgan fingerprint density at radius 1 is 0.316 bits per heavy atom. The smallest absolute Gasteiger partial charge is 0.261 e. The fraction of sp³-hybridized carbons (Fsp3) is 0.590. The van der Waals surface area contributed by atoms with Gasteiger partial charge in [-0.15, -0.1) is 0 Å².